The molecule has 0 spiro atoms. The van der Waals surface area contributed by atoms with Crippen molar-refractivity contribution in [1.82, 2.24) is 0 Å². The van der Waals surface area contributed by atoms with E-state index in [2.05, 4.69) is 4.74 Å². The number of alkyl halides is 2. The van der Waals surface area contributed by atoms with Crippen LogP contribution in [0.15, 0.2) is 18.2 Å². The third-order valence-corrected chi connectivity index (χ3v) is 2.27. The largest absolute Gasteiger partial charge is 0.493 e. The zero-order valence-electron chi connectivity index (χ0n) is 10.2. The van der Waals surface area contributed by atoms with E-state index < -0.39 is 6.61 Å². The average Bonchev–Trinajstić information content (AvgIpc) is 2.32. The molecule has 0 N–H and O–H groups in total. The highest BCUT2D eigenvalue weighted by molar-refractivity contribution is 5.49. The first-order chi connectivity index (χ1) is 8.67. The Hall–Kier alpha value is -1.65. The van der Waals surface area contributed by atoms with Gasteiger partial charge < -0.3 is 14.3 Å². The Labute approximate surface area is 105 Å². The van der Waals surface area contributed by atoms with E-state index in [0.29, 0.717) is 18.6 Å². The van der Waals surface area contributed by atoms with Crippen molar-refractivity contribution >= 4 is 6.29 Å². The van der Waals surface area contributed by atoms with Gasteiger partial charge in [-0.1, -0.05) is 13.3 Å². The quantitative estimate of drug-likeness (QED) is 0.530. The molecule has 0 saturated heterocycles. The third kappa shape index (κ3) is 4.69. The molecule has 1 rings (SSSR count). The van der Waals surface area contributed by atoms with Gasteiger partial charge in [0.1, 0.15) is 17.8 Å². The van der Waals surface area contributed by atoms with Crippen LogP contribution in [0.25, 0.3) is 0 Å². The van der Waals surface area contributed by atoms with Crippen molar-refractivity contribution < 1.29 is 23.0 Å². The fraction of sp³-hybridized carbons (Fsp3) is 0.462. The summed E-state index contributed by atoms with van der Waals surface area (Å²) in [6.07, 6.45) is 2.65. The second-order valence-corrected chi connectivity index (χ2v) is 3.70. The predicted molar refractivity (Wildman–Crippen MR) is 63.2 cm³/mol. The first-order valence-corrected chi connectivity index (χ1v) is 5.81. The number of hydrogen-bond acceptors (Lipinski definition) is 3. The van der Waals surface area contributed by atoms with Crippen LogP contribution in [-0.4, -0.2) is 19.5 Å². The Morgan fingerprint density at radius 3 is 2.78 bits per heavy atom. The molecular weight excluding hydrogens is 242 g/mol. The van der Waals surface area contributed by atoms with Gasteiger partial charge >= 0.3 is 6.61 Å². The van der Waals surface area contributed by atoms with Gasteiger partial charge in [-0.2, -0.15) is 8.78 Å². The second-order valence-electron chi connectivity index (χ2n) is 3.70. The molecule has 0 aliphatic heterocycles. The van der Waals surface area contributed by atoms with Crippen LogP contribution in [0.3, 0.4) is 0 Å². The fourth-order valence-electron chi connectivity index (χ4n) is 1.55. The minimum Gasteiger partial charge on any atom is -0.493 e. The van der Waals surface area contributed by atoms with E-state index in [1.807, 2.05) is 6.92 Å². The number of benzene rings is 1. The van der Waals surface area contributed by atoms with Crippen molar-refractivity contribution in [2.75, 3.05) is 6.61 Å². The lowest BCUT2D eigenvalue weighted by Gasteiger charge is -2.12. The number of carbonyl (C=O) groups excluding carboxylic acids is 1. The van der Waals surface area contributed by atoms with Crippen LogP contribution in [-0.2, 0) is 11.2 Å². The molecule has 0 aliphatic rings. The summed E-state index contributed by atoms with van der Waals surface area (Å²) in [4.78, 5) is 10.2. The highest BCUT2D eigenvalue weighted by atomic mass is 19.3. The number of aryl methyl sites for hydroxylation is 1. The summed E-state index contributed by atoms with van der Waals surface area (Å²) in [5.41, 5.74) is 0.807. The van der Waals surface area contributed by atoms with Crippen LogP contribution in [0.5, 0.6) is 11.5 Å². The average molecular weight is 258 g/mol. The minimum atomic E-state index is -2.83. The molecule has 100 valence electrons. The number of halogens is 2. The van der Waals surface area contributed by atoms with Crippen molar-refractivity contribution in [3.05, 3.63) is 23.8 Å². The highest BCUT2D eigenvalue weighted by Gasteiger charge is 2.09. The molecule has 0 aromatic heterocycles. The van der Waals surface area contributed by atoms with Crippen LogP contribution in [0, 0.1) is 0 Å². The Kier molecular flexibility index (Phi) is 6.11. The summed E-state index contributed by atoms with van der Waals surface area (Å²) >= 11 is 0. The van der Waals surface area contributed by atoms with E-state index in [1.54, 1.807) is 12.1 Å². The molecule has 1 aromatic carbocycles. The first-order valence-electron chi connectivity index (χ1n) is 5.81. The Balaban J connectivity index is 2.78. The molecule has 18 heavy (non-hydrogen) atoms. The number of rotatable bonds is 8. The van der Waals surface area contributed by atoms with Crippen molar-refractivity contribution in [3.63, 3.8) is 0 Å². The van der Waals surface area contributed by atoms with E-state index in [4.69, 9.17) is 4.74 Å². The molecule has 0 fully saturated rings. The monoisotopic (exact) mass is 258 g/mol. The summed E-state index contributed by atoms with van der Waals surface area (Å²) in [6, 6.07) is 4.57. The number of aldehydes is 1. The molecule has 0 saturated carbocycles. The molecule has 0 amide bonds. The molecule has 0 radical (unpaired) electrons. The molecule has 5 heteroatoms. The molecule has 3 nitrogen and oxygen atoms in total. The topological polar surface area (TPSA) is 35.5 Å². The van der Waals surface area contributed by atoms with Crippen LogP contribution >= 0.6 is 0 Å². The van der Waals surface area contributed by atoms with Gasteiger partial charge in [0, 0.05) is 6.42 Å². The molecule has 0 aliphatic carbocycles. The van der Waals surface area contributed by atoms with Gasteiger partial charge in [-0.25, -0.2) is 0 Å². The maximum absolute atomic E-state index is 12.1. The standard InChI is InChI=1S/C13H16F2O3/c1-2-4-10-9-11(18-13(14)15)5-6-12(10)17-8-3-7-16/h5-7,9,13H,2-4,8H2,1H3. The van der Waals surface area contributed by atoms with Gasteiger partial charge in [-0.15, -0.1) is 0 Å². The van der Waals surface area contributed by atoms with Gasteiger partial charge in [0.15, 0.2) is 0 Å². The van der Waals surface area contributed by atoms with Gasteiger partial charge in [-0.05, 0) is 30.2 Å². The van der Waals surface area contributed by atoms with Crippen molar-refractivity contribution in [1.29, 1.82) is 0 Å². The SMILES string of the molecule is CCCc1cc(OC(F)F)ccc1OCCC=O. The summed E-state index contributed by atoms with van der Waals surface area (Å²) in [6.45, 7) is -0.563. The summed E-state index contributed by atoms with van der Waals surface area (Å²) in [5.74, 6) is 0.733. The Bertz CT molecular complexity index is 380. The predicted octanol–water partition coefficient (Wildman–Crippen LogP) is 3.21. The summed E-state index contributed by atoms with van der Waals surface area (Å²) in [7, 11) is 0. The lowest BCUT2D eigenvalue weighted by atomic mass is 10.1. The summed E-state index contributed by atoms with van der Waals surface area (Å²) < 4.78 is 33.9. The van der Waals surface area contributed by atoms with Crippen molar-refractivity contribution in [2.24, 2.45) is 0 Å². The van der Waals surface area contributed by atoms with Crippen molar-refractivity contribution in [3.8, 4) is 11.5 Å². The number of hydrogen-bond donors (Lipinski definition) is 0. The van der Waals surface area contributed by atoms with Crippen molar-refractivity contribution in [2.45, 2.75) is 32.8 Å². The van der Waals surface area contributed by atoms with E-state index >= 15 is 0 Å². The minimum absolute atomic E-state index is 0.121. The van der Waals surface area contributed by atoms with E-state index in [9.17, 15) is 13.6 Å². The van der Waals surface area contributed by atoms with E-state index in [1.165, 1.54) is 6.07 Å². The number of carbonyl (C=O) groups is 1. The first kappa shape index (κ1) is 14.4. The fourth-order valence-corrected chi connectivity index (χ4v) is 1.55. The lowest BCUT2D eigenvalue weighted by Crippen LogP contribution is -2.04. The maximum Gasteiger partial charge on any atom is 0.387 e. The van der Waals surface area contributed by atoms with E-state index in [-0.39, 0.29) is 12.4 Å². The van der Waals surface area contributed by atoms with Gasteiger partial charge in [0.05, 0.1) is 6.61 Å². The third-order valence-electron chi connectivity index (χ3n) is 2.27. The lowest BCUT2D eigenvalue weighted by molar-refractivity contribution is -0.108. The number of ether oxygens (including phenoxy) is 2. The molecule has 0 bridgehead atoms. The molecule has 0 heterocycles. The molecule has 0 atom stereocenters. The Morgan fingerprint density at radius 2 is 2.17 bits per heavy atom. The van der Waals surface area contributed by atoms with Crippen LogP contribution in [0.1, 0.15) is 25.3 Å². The molecular formula is C13H16F2O3. The normalized spacial score (nSPS) is 10.4. The summed E-state index contributed by atoms with van der Waals surface area (Å²) in [5, 5.41) is 0. The van der Waals surface area contributed by atoms with Gasteiger partial charge in [0.2, 0.25) is 0 Å². The van der Waals surface area contributed by atoms with Gasteiger partial charge in [0.25, 0.3) is 0 Å². The Morgan fingerprint density at radius 1 is 1.39 bits per heavy atom. The smallest absolute Gasteiger partial charge is 0.387 e. The van der Waals surface area contributed by atoms with Gasteiger partial charge in [-0.3, -0.25) is 0 Å². The molecule has 0 unspecified atom stereocenters. The van der Waals surface area contributed by atoms with Crippen LogP contribution in [0.4, 0.5) is 8.78 Å². The molecule has 1 aromatic rings. The van der Waals surface area contributed by atoms with Crippen LogP contribution < -0.4 is 9.47 Å². The van der Waals surface area contributed by atoms with Crippen LogP contribution in [0.2, 0.25) is 0 Å². The maximum atomic E-state index is 12.1. The highest BCUT2D eigenvalue weighted by Crippen LogP contribution is 2.26. The zero-order valence-corrected chi connectivity index (χ0v) is 10.2. The zero-order chi connectivity index (χ0) is 13.4. The van der Waals surface area contributed by atoms with E-state index in [0.717, 1.165) is 18.3 Å². The second kappa shape index (κ2) is 7.63.